The van der Waals surface area contributed by atoms with Gasteiger partial charge in [0.2, 0.25) is 5.92 Å². The standard InChI is InChI=1S/C14H20F2OS/c1-2-11-3-4-12(18-11)9-13(17)10-5-7-14(15,16)8-6-10/h3-4,10,13,17H,2,5-9H2,1H3. The summed E-state index contributed by atoms with van der Waals surface area (Å²) in [6.07, 6.45) is 1.90. The third-order valence-electron chi connectivity index (χ3n) is 3.78. The molecule has 0 aromatic carbocycles. The Morgan fingerprint density at radius 1 is 1.33 bits per heavy atom. The van der Waals surface area contributed by atoms with Crippen LogP contribution in [0.25, 0.3) is 0 Å². The number of alkyl halides is 2. The van der Waals surface area contributed by atoms with Crippen molar-refractivity contribution in [3.8, 4) is 0 Å². The number of rotatable bonds is 4. The highest BCUT2D eigenvalue weighted by molar-refractivity contribution is 7.11. The summed E-state index contributed by atoms with van der Waals surface area (Å²) < 4.78 is 26.1. The number of hydrogen-bond acceptors (Lipinski definition) is 2. The van der Waals surface area contributed by atoms with E-state index in [0.29, 0.717) is 19.3 Å². The van der Waals surface area contributed by atoms with E-state index in [1.54, 1.807) is 11.3 Å². The summed E-state index contributed by atoms with van der Waals surface area (Å²) >= 11 is 1.72. The molecule has 1 heterocycles. The SMILES string of the molecule is CCc1ccc(CC(O)C2CCC(F)(F)CC2)s1. The number of hydrogen-bond donors (Lipinski definition) is 1. The van der Waals surface area contributed by atoms with Gasteiger partial charge in [0.15, 0.2) is 0 Å². The van der Waals surface area contributed by atoms with E-state index in [1.165, 1.54) is 4.88 Å². The molecule has 18 heavy (non-hydrogen) atoms. The minimum absolute atomic E-state index is 0.0387. The molecule has 0 amide bonds. The van der Waals surface area contributed by atoms with Gasteiger partial charge in [-0.15, -0.1) is 11.3 Å². The van der Waals surface area contributed by atoms with Crippen LogP contribution in [0, 0.1) is 5.92 Å². The highest BCUT2D eigenvalue weighted by Crippen LogP contribution is 2.38. The van der Waals surface area contributed by atoms with Crippen LogP contribution < -0.4 is 0 Å². The van der Waals surface area contributed by atoms with Crippen LogP contribution in [-0.4, -0.2) is 17.1 Å². The molecule has 1 saturated carbocycles. The lowest BCUT2D eigenvalue weighted by molar-refractivity contribution is -0.0618. The Bertz CT molecular complexity index is 379. The molecule has 1 aromatic heterocycles. The summed E-state index contributed by atoms with van der Waals surface area (Å²) in [6.45, 7) is 2.11. The fraction of sp³-hybridized carbons (Fsp3) is 0.714. The third-order valence-corrected chi connectivity index (χ3v) is 5.03. The van der Waals surface area contributed by atoms with E-state index in [0.717, 1.165) is 11.3 Å². The Morgan fingerprint density at radius 3 is 2.50 bits per heavy atom. The molecule has 0 radical (unpaired) electrons. The summed E-state index contributed by atoms with van der Waals surface area (Å²) in [4.78, 5) is 2.48. The van der Waals surface area contributed by atoms with E-state index >= 15 is 0 Å². The Hall–Kier alpha value is -0.480. The summed E-state index contributed by atoms with van der Waals surface area (Å²) in [5.74, 6) is -2.47. The lowest BCUT2D eigenvalue weighted by atomic mass is 9.82. The molecule has 1 aliphatic carbocycles. The average Bonchev–Trinajstić information content (AvgIpc) is 2.76. The van der Waals surface area contributed by atoms with Crippen molar-refractivity contribution in [3.63, 3.8) is 0 Å². The van der Waals surface area contributed by atoms with Gasteiger partial charge in [-0.3, -0.25) is 0 Å². The molecule has 0 spiro atoms. The van der Waals surface area contributed by atoms with Gasteiger partial charge in [0, 0.05) is 29.0 Å². The van der Waals surface area contributed by atoms with Crippen LogP contribution in [0.15, 0.2) is 12.1 Å². The maximum atomic E-state index is 13.0. The largest absolute Gasteiger partial charge is 0.392 e. The third kappa shape index (κ3) is 3.51. The Balaban J connectivity index is 1.86. The van der Waals surface area contributed by atoms with Gasteiger partial charge in [-0.1, -0.05) is 6.92 Å². The van der Waals surface area contributed by atoms with Gasteiger partial charge in [-0.05, 0) is 37.3 Å². The first-order chi connectivity index (χ1) is 8.50. The Labute approximate surface area is 111 Å². The van der Waals surface area contributed by atoms with Gasteiger partial charge in [-0.25, -0.2) is 8.78 Å². The van der Waals surface area contributed by atoms with Crippen molar-refractivity contribution in [2.24, 2.45) is 5.92 Å². The molecule has 1 aliphatic rings. The molecule has 1 unspecified atom stereocenters. The van der Waals surface area contributed by atoms with E-state index in [4.69, 9.17) is 0 Å². The van der Waals surface area contributed by atoms with E-state index < -0.39 is 12.0 Å². The van der Waals surface area contributed by atoms with E-state index in [9.17, 15) is 13.9 Å². The molecule has 1 atom stereocenters. The monoisotopic (exact) mass is 274 g/mol. The van der Waals surface area contributed by atoms with Gasteiger partial charge < -0.3 is 5.11 Å². The number of aryl methyl sites for hydroxylation is 1. The molecule has 1 aromatic rings. The van der Waals surface area contributed by atoms with Crippen LogP contribution in [0.3, 0.4) is 0 Å². The zero-order chi connectivity index (χ0) is 13.2. The highest BCUT2D eigenvalue weighted by Gasteiger charge is 2.37. The van der Waals surface area contributed by atoms with Gasteiger partial charge in [0.25, 0.3) is 0 Å². The summed E-state index contributed by atoms with van der Waals surface area (Å²) in [5.41, 5.74) is 0. The second kappa shape index (κ2) is 5.66. The second-order valence-electron chi connectivity index (χ2n) is 5.19. The van der Waals surface area contributed by atoms with Crippen LogP contribution in [-0.2, 0) is 12.8 Å². The molecule has 102 valence electrons. The Kier molecular flexibility index (Phi) is 4.38. The maximum Gasteiger partial charge on any atom is 0.248 e. The lowest BCUT2D eigenvalue weighted by Crippen LogP contribution is -2.32. The molecular weight excluding hydrogens is 254 g/mol. The molecule has 1 N–H and O–H groups in total. The second-order valence-corrected chi connectivity index (χ2v) is 6.44. The van der Waals surface area contributed by atoms with Crippen molar-refractivity contribution < 1.29 is 13.9 Å². The van der Waals surface area contributed by atoms with E-state index in [2.05, 4.69) is 13.0 Å². The van der Waals surface area contributed by atoms with Crippen molar-refractivity contribution in [2.75, 3.05) is 0 Å². The van der Waals surface area contributed by atoms with Gasteiger partial charge in [0.05, 0.1) is 6.10 Å². The molecule has 1 nitrogen and oxygen atoms in total. The van der Waals surface area contributed by atoms with Crippen molar-refractivity contribution in [1.82, 2.24) is 0 Å². The molecular formula is C14H20F2OS. The van der Waals surface area contributed by atoms with E-state index in [1.807, 2.05) is 6.07 Å². The van der Waals surface area contributed by atoms with Crippen LogP contribution in [0.1, 0.15) is 42.4 Å². The van der Waals surface area contributed by atoms with Crippen molar-refractivity contribution in [1.29, 1.82) is 0 Å². The van der Waals surface area contributed by atoms with Crippen LogP contribution in [0.4, 0.5) is 8.78 Å². The molecule has 0 bridgehead atoms. The van der Waals surface area contributed by atoms with Crippen LogP contribution in [0.5, 0.6) is 0 Å². The first-order valence-electron chi connectivity index (χ1n) is 6.63. The first-order valence-corrected chi connectivity index (χ1v) is 7.45. The normalized spacial score (nSPS) is 22.0. The minimum atomic E-state index is -2.51. The van der Waals surface area contributed by atoms with Gasteiger partial charge >= 0.3 is 0 Å². The van der Waals surface area contributed by atoms with Crippen molar-refractivity contribution in [2.45, 2.75) is 57.5 Å². The minimum Gasteiger partial charge on any atom is -0.392 e. The maximum absolute atomic E-state index is 13.0. The van der Waals surface area contributed by atoms with Crippen LogP contribution >= 0.6 is 11.3 Å². The molecule has 0 saturated heterocycles. The summed E-state index contributed by atoms with van der Waals surface area (Å²) in [5, 5.41) is 10.1. The summed E-state index contributed by atoms with van der Waals surface area (Å²) in [6, 6.07) is 4.13. The predicted octanol–water partition coefficient (Wildman–Crippen LogP) is 4.04. The van der Waals surface area contributed by atoms with Gasteiger partial charge in [-0.2, -0.15) is 0 Å². The number of aliphatic hydroxyl groups excluding tert-OH is 1. The fourth-order valence-electron chi connectivity index (χ4n) is 2.54. The molecule has 2 rings (SSSR count). The number of halogens is 2. The summed E-state index contributed by atoms with van der Waals surface area (Å²) in [7, 11) is 0. The molecule has 4 heteroatoms. The van der Waals surface area contributed by atoms with Crippen molar-refractivity contribution >= 4 is 11.3 Å². The Morgan fingerprint density at radius 2 is 1.94 bits per heavy atom. The highest BCUT2D eigenvalue weighted by atomic mass is 32.1. The molecule has 1 fully saturated rings. The predicted molar refractivity (Wildman–Crippen MR) is 70.3 cm³/mol. The average molecular weight is 274 g/mol. The lowest BCUT2D eigenvalue weighted by Gasteiger charge is -2.31. The first kappa shape index (κ1) is 13.9. The van der Waals surface area contributed by atoms with Gasteiger partial charge in [0.1, 0.15) is 0 Å². The zero-order valence-electron chi connectivity index (χ0n) is 10.7. The quantitative estimate of drug-likeness (QED) is 0.878. The zero-order valence-corrected chi connectivity index (χ0v) is 11.5. The molecule has 0 aliphatic heterocycles. The van der Waals surface area contributed by atoms with E-state index in [-0.39, 0.29) is 18.8 Å². The fourth-order valence-corrected chi connectivity index (χ4v) is 3.55. The number of aliphatic hydroxyl groups is 1. The number of thiophene rings is 1. The van der Waals surface area contributed by atoms with Crippen molar-refractivity contribution in [3.05, 3.63) is 21.9 Å². The van der Waals surface area contributed by atoms with Crippen LogP contribution in [0.2, 0.25) is 0 Å². The topological polar surface area (TPSA) is 20.2 Å². The smallest absolute Gasteiger partial charge is 0.248 e.